The molecule has 2 bridgehead atoms. The molecule has 0 aromatic carbocycles. The molecule has 3 heterocycles. The predicted molar refractivity (Wildman–Crippen MR) is 97.0 cm³/mol. The maximum Gasteiger partial charge on any atom is 0.410 e. The van der Waals surface area contributed by atoms with E-state index in [-0.39, 0.29) is 17.5 Å². The lowest BCUT2D eigenvalue weighted by Gasteiger charge is -2.36. The van der Waals surface area contributed by atoms with Crippen LogP contribution in [0.15, 0.2) is 0 Å². The predicted octanol–water partition coefficient (Wildman–Crippen LogP) is 3.34. The monoisotopic (exact) mass is 380 g/mol. The average Bonchev–Trinajstić information content (AvgIpc) is 2.90. The fourth-order valence-corrected chi connectivity index (χ4v) is 4.12. The van der Waals surface area contributed by atoms with E-state index < -0.39 is 5.60 Å². The number of hydroxylamine groups is 1. The molecule has 2 unspecified atom stereocenters. The Hall–Kier alpha value is -1.60. The lowest BCUT2D eigenvalue weighted by molar-refractivity contribution is 0.00724. The molecule has 4 rings (SSSR count). The van der Waals surface area contributed by atoms with Gasteiger partial charge in [-0.3, -0.25) is 4.84 Å². The summed E-state index contributed by atoms with van der Waals surface area (Å²) in [4.78, 5) is 29.1. The zero-order valence-corrected chi connectivity index (χ0v) is 16.3. The number of rotatable bonds is 1. The Balaban J connectivity index is 1.60. The van der Waals surface area contributed by atoms with Crippen molar-refractivity contribution in [3.05, 3.63) is 16.5 Å². The molecule has 1 saturated heterocycles. The highest BCUT2D eigenvalue weighted by Gasteiger charge is 2.37. The number of halogens is 1. The summed E-state index contributed by atoms with van der Waals surface area (Å²) in [6.45, 7) is 7.38. The van der Waals surface area contributed by atoms with E-state index in [9.17, 15) is 4.79 Å². The minimum Gasteiger partial charge on any atom is -0.444 e. The summed E-state index contributed by atoms with van der Waals surface area (Å²) < 4.78 is 5.52. The first-order valence-electron chi connectivity index (χ1n) is 9.26. The first-order valence-corrected chi connectivity index (χ1v) is 9.64. The molecular formula is C18H25ClN4O3. The van der Waals surface area contributed by atoms with Gasteiger partial charge in [0, 0.05) is 18.5 Å². The second-order valence-corrected chi connectivity index (χ2v) is 8.70. The van der Waals surface area contributed by atoms with Crippen molar-refractivity contribution in [2.75, 3.05) is 18.2 Å². The van der Waals surface area contributed by atoms with Crippen LogP contribution in [-0.4, -0.2) is 45.8 Å². The Morgan fingerprint density at radius 3 is 2.85 bits per heavy atom. The topological polar surface area (TPSA) is 67.8 Å². The van der Waals surface area contributed by atoms with E-state index in [1.54, 1.807) is 4.90 Å². The van der Waals surface area contributed by atoms with E-state index in [1.165, 1.54) is 6.42 Å². The zero-order valence-electron chi connectivity index (χ0n) is 15.5. The number of nitrogens with zero attached hydrogens (tertiary/aromatic N) is 4. The molecule has 7 nitrogen and oxygen atoms in total. The van der Waals surface area contributed by atoms with Crippen molar-refractivity contribution in [3.63, 3.8) is 0 Å². The molecule has 1 aliphatic carbocycles. The van der Waals surface area contributed by atoms with Gasteiger partial charge in [0.25, 0.3) is 0 Å². The number of carbonyl (C=O) groups is 1. The van der Waals surface area contributed by atoms with Gasteiger partial charge in [0.2, 0.25) is 5.28 Å². The van der Waals surface area contributed by atoms with Gasteiger partial charge < -0.3 is 9.64 Å². The third-order valence-electron chi connectivity index (χ3n) is 5.09. The number of anilines is 1. The van der Waals surface area contributed by atoms with Crippen LogP contribution in [0.2, 0.25) is 5.28 Å². The van der Waals surface area contributed by atoms with Gasteiger partial charge in [0.15, 0.2) is 5.82 Å². The summed E-state index contributed by atoms with van der Waals surface area (Å²) in [6.07, 6.45) is 3.96. The minimum atomic E-state index is -0.522. The van der Waals surface area contributed by atoms with Crippen LogP contribution in [0.1, 0.15) is 51.3 Å². The summed E-state index contributed by atoms with van der Waals surface area (Å²) >= 11 is 6.17. The molecule has 1 aromatic heterocycles. The van der Waals surface area contributed by atoms with Gasteiger partial charge in [-0.15, -0.1) is 0 Å². The fraction of sp³-hybridized carbons (Fsp3) is 0.722. The van der Waals surface area contributed by atoms with Crippen molar-refractivity contribution in [1.29, 1.82) is 0 Å². The Bertz CT molecular complexity index is 709. The lowest BCUT2D eigenvalue weighted by atomic mass is 10.0. The fourth-order valence-electron chi connectivity index (χ4n) is 3.94. The Morgan fingerprint density at radius 1 is 1.31 bits per heavy atom. The summed E-state index contributed by atoms with van der Waals surface area (Å²) in [6, 6.07) is 0. The van der Waals surface area contributed by atoms with Gasteiger partial charge in [0.1, 0.15) is 5.60 Å². The van der Waals surface area contributed by atoms with Gasteiger partial charge in [-0.05, 0) is 57.6 Å². The van der Waals surface area contributed by atoms with Crippen LogP contribution in [0.25, 0.3) is 0 Å². The van der Waals surface area contributed by atoms with Crippen molar-refractivity contribution in [2.45, 2.75) is 64.7 Å². The molecule has 2 atom stereocenters. The van der Waals surface area contributed by atoms with E-state index in [4.69, 9.17) is 21.2 Å². The number of ether oxygens (including phenoxy) is 1. The molecule has 26 heavy (non-hydrogen) atoms. The molecule has 8 heteroatoms. The molecular weight excluding hydrogens is 356 g/mol. The second-order valence-electron chi connectivity index (χ2n) is 8.36. The van der Waals surface area contributed by atoms with Crippen LogP contribution in [-0.2, 0) is 22.5 Å². The number of hydrogen-bond acceptors (Lipinski definition) is 6. The quantitative estimate of drug-likeness (QED) is 0.696. The largest absolute Gasteiger partial charge is 0.444 e. The molecule has 142 valence electrons. The highest BCUT2D eigenvalue weighted by atomic mass is 35.5. The zero-order chi connectivity index (χ0) is 18.5. The van der Waals surface area contributed by atoms with Gasteiger partial charge in [-0.2, -0.15) is 4.98 Å². The van der Waals surface area contributed by atoms with Crippen molar-refractivity contribution >= 4 is 23.5 Å². The molecule has 1 saturated carbocycles. The van der Waals surface area contributed by atoms with Crippen LogP contribution < -0.4 is 5.06 Å². The number of aromatic nitrogens is 2. The first-order chi connectivity index (χ1) is 12.3. The minimum absolute atomic E-state index is 0.228. The van der Waals surface area contributed by atoms with Crippen LogP contribution in [0, 0.1) is 5.92 Å². The lowest BCUT2D eigenvalue weighted by Crippen LogP contribution is -2.42. The van der Waals surface area contributed by atoms with E-state index in [1.807, 2.05) is 25.8 Å². The average molecular weight is 381 g/mol. The molecule has 0 radical (unpaired) electrons. The van der Waals surface area contributed by atoms with E-state index in [0.717, 1.165) is 30.6 Å². The van der Waals surface area contributed by atoms with Crippen molar-refractivity contribution < 1.29 is 14.4 Å². The van der Waals surface area contributed by atoms with Crippen LogP contribution >= 0.6 is 11.6 Å². The summed E-state index contributed by atoms with van der Waals surface area (Å²) in [5.74, 6) is 1.33. The maximum absolute atomic E-state index is 12.5. The van der Waals surface area contributed by atoms with Crippen molar-refractivity contribution in [2.24, 2.45) is 5.92 Å². The third kappa shape index (κ3) is 3.60. The second kappa shape index (κ2) is 6.53. The van der Waals surface area contributed by atoms with Gasteiger partial charge >= 0.3 is 6.09 Å². The first kappa shape index (κ1) is 17.8. The number of carbonyl (C=O) groups excluding carboxylic acids is 1. The molecule has 0 spiro atoms. The Kier molecular flexibility index (Phi) is 4.47. The summed E-state index contributed by atoms with van der Waals surface area (Å²) in [7, 11) is 0. The highest BCUT2D eigenvalue weighted by molar-refractivity contribution is 6.28. The van der Waals surface area contributed by atoms with Crippen LogP contribution in [0.4, 0.5) is 10.6 Å². The van der Waals surface area contributed by atoms with Crippen molar-refractivity contribution in [3.8, 4) is 0 Å². The number of fused-ring (bicyclic) bond motifs is 3. The normalized spacial score (nSPS) is 25.2. The molecule has 2 aliphatic heterocycles. The molecule has 3 aliphatic rings. The third-order valence-corrected chi connectivity index (χ3v) is 5.26. The molecule has 0 N–H and O–H groups in total. The van der Waals surface area contributed by atoms with Gasteiger partial charge in [0.05, 0.1) is 24.9 Å². The van der Waals surface area contributed by atoms with Gasteiger partial charge in [-0.1, -0.05) is 0 Å². The highest BCUT2D eigenvalue weighted by Crippen LogP contribution is 2.38. The van der Waals surface area contributed by atoms with Gasteiger partial charge in [-0.25, -0.2) is 14.8 Å². The number of hydrogen-bond donors (Lipinski definition) is 0. The Morgan fingerprint density at radius 2 is 2.12 bits per heavy atom. The SMILES string of the molecule is CC(C)(C)OC(=O)N1CCc2nc(Cl)nc(N3CC4CCC(C4)O3)c2C1. The van der Waals surface area contributed by atoms with Crippen molar-refractivity contribution in [1.82, 2.24) is 14.9 Å². The summed E-state index contributed by atoms with van der Waals surface area (Å²) in [5.41, 5.74) is 1.28. The standard InChI is InChI=1S/C18H25ClN4O3/c1-18(2,3)25-17(24)22-7-6-14-13(10-22)15(21-16(19)20-14)23-9-11-4-5-12(8-11)26-23/h11-12H,4-10H2,1-3H3. The van der Waals surface area contributed by atoms with Crippen LogP contribution in [0.3, 0.4) is 0 Å². The molecule has 2 fully saturated rings. The molecule has 1 aromatic rings. The van der Waals surface area contributed by atoms with Crippen LogP contribution in [0.5, 0.6) is 0 Å². The smallest absolute Gasteiger partial charge is 0.410 e. The van der Waals surface area contributed by atoms with E-state index >= 15 is 0 Å². The number of amides is 1. The maximum atomic E-state index is 12.5. The van der Waals surface area contributed by atoms with E-state index in [2.05, 4.69) is 9.97 Å². The Labute approximate surface area is 158 Å². The van der Waals surface area contributed by atoms with E-state index in [0.29, 0.717) is 31.2 Å². The summed E-state index contributed by atoms with van der Waals surface area (Å²) in [5, 5.41) is 2.10. The molecule has 1 amide bonds.